The topological polar surface area (TPSA) is 85.3 Å². The molecule has 0 saturated heterocycles. The van der Waals surface area contributed by atoms with Crippen LogP contribution in [0, 0.1) is 10.1 Å². The van der Waals surface area contributed by atoms with Crippen molar-refractivity contribution in [1.29, 1.82) is 0 Å². The number of anilines is 1. The van der Waals surface area contributed by atoms with E-state index < -0.39 is 4.92 Å². The lowest BCUT2D eigenvalue weighted by Gasteiger charge is -2.19. The zero-order valence-electron chi connectivity index (χ0n) is 10.0. The van der Waals surface area contributed by atoms with Gasteiger partial charge in [-0.3, -0.25) is 10.1 Å². The van der Waals surface area contributed by atoms with E-state index in [1.807, 2.05) is 24.1 Å². The average molecular weight is 246 g/mol. The highest BCUT2D eigenvalue weighted by molar-refractivity contribution is 5.96. The molecule has 1 heterocycles. The van der Waals surface area contributed by atoms with Crippen molar-refractivity contribution in [1.82, 2.24) is 4.98 Å². The van der Waals surface area contributed by atoms with Gasteiger partial charge in [-0.1, -0.05) is 12.1 Å². The van der Waals surface area contributed by atoms with Crippen LogP contribution in [0.4, 0.5) is 11.4 Å². The lowest BCUT2D eigenvalue weighted by Crippen LogP contribution is -2.25. The molecule has 1 aromatic heterocycles. The van der Waals surface area contributed by atoms with Crippen LogP contribution in [0.5, 0.6) is 0 Å². The van der Waals surface area contributed by atoms with Crippen LogP contribution >= 0.6 is 0 Å². The quantitative estimate of drug-likeness (QED) is 0.653. The summed E-state index contributed by atoms with van der Waals surface area (Å²) in [6.45, 7) is 1.21. The van der Waals surface area contributed by atoms with Gasteiger partial charge in [-0.2, -0.15) is 0 Å². The minimum absolute atomic E-state index is 0.0236. The summed E-state index contributed by atoms with van der Waals surface area (Å²) in [7, 11) is 1.90. The minimum atomic E-state index is -0.415. The minimum Gasteiger partial charge on any atom is -0.373 e. The monoisotopic (exact) mass is 246 g/mol. The van der Waals surface area contributed by atoms with Gasteiger partial charge in [0.15, 0.2) is 0 Å². The molecule has 0 aliphatic carbocycles. The van der Waals surface area contributed by atoms with E-state index in [1.165, 1.54) is 6.07 Å². The molecule has 0 saturated carbocycles. The third-order valence-corrected chi connectivity index (χ3v) is 2.80. The number of fused-ring (bicyclic) bond motifs is 1. The van der Waals surface area contributed by atoms with Crippen molar-refractivity contribution in [3.63, 3.8) is 0 Å². The van der Waals surface area contributed by atoms with E-state index in [0.29, 0.717) is 18.6 Å². The Kier molecular flexibility index (Phi) is 3.38. The van der Waals surface area contributed by atoms with Crippen molar-refractivity contribution in [2.75, 3.05) is 25.0 Å². The number of pyridine rings is 1. The number of benzene rings is 1. The van der Waals surface area contributed by atoms with Gasteiger partial charge in [0.2, 0.25) is 0 Å². The molecule has 6 heteroatoms. The number of nitro benzene ring substituents is 1. The molecular formula is C12H14N4O2. The molecule has 18 heavy (non-hydrogen) atoms. The fraction of sp³-hybridized carbons (Fsp3) is 0.250. The molecule has 0 atom stereocenters. The number of nitrogens with zero attached hydrogens (tertiary/aromatic N) is 3. The molecule has 2 aromatic rings. The summed E-state index contributed by atoms with van der Waals surface area (Å²) >= 11 is 0. The molecular weight excluding hydrogens is 232 g/mol. The predicted molar refractivity (Wildman–Crippen MR) is 70.7 cm³/mol. The van der Waals surface area contributed by atoms with Gasteiger partial charge in [0.1, 0.15) is 5.52 Å². The molecule has 2 N–H and O–H groups in total. The van der Waals surface area contributed by atoms with Gasteiger partial charge in [-0.25, -0.2) is 4.98 Å². The van der Waals surface area contributed by atoms with Gasteiger partial charge >= 0.3 is 0 Å². The van der Waals surface area contributed by atoms with Crippen LogP contribution < -0.4 is 10.6 Å². The Balaban J connectivity index is 2.63. The highest BCUT2D eigenvalue weighted by Gasteiger charge is 2.15. The average Bonchev–Trinajstić information content (AvgIpc) is 2.37. The Morgan fingerprint density at radius 3 is 2.89 bits per heavy atom. The van der Waals surface area contributed by atoms with Gasteiger partial charge in [0.25, 0.3) is 5.69 Å². The molecule has 94 valence electrons. The van der Waals surface area contributed by atoms with Crippen molar-refractivity contribution in [2.45, 2.75) is 0 Å². The van der Waals surface area contributed by atoms with Gasteiger partial charge in [-0.05, 0) is 6.07 Å². The first-order valence-corrected chi connectivity index (χ1v) is 5.58. The molecule has 2 rings (SSSR count). The summed E-state index contributed by atoms with van der Waals surface area (Å²) in [6, 6.07) is 6.80. The second kappa shape index (κ2) is 4.97. The van der Waals surface area contributed by atoms with E-state index >= 15 is 0 Å². The number of para-hydroxylation sites is 1. The maximum absolute atomic E-state index is 11.0. The molecule has 6 nitrogen and oxygen atoms in total. The van der Waals surface area contributed by atoms with Crippen LogP contribution in [-0.4, -0.2) is 30.0 Å². The molecule has 0 fully saturated rings. The molecule has 0 radical (unpaired) electrons. The maximum atomic E-state index is 11.0. The largest absolute Gasteiger partial charge is 0.373 e. The molecule has 0 amide bonds. The number of non-ortho nitro benzene ring substituents is 1. The Morgan fingerprint density at radius 2 is 2.22 bits per heavy atom. The highest BCUT2D eigenvalue weighted by atomic mass is 16.6. The fourth-order valence-electron chi connectivity index (χ4n) is 1.94. The third-order valence-electron chi connectivity index (χ3n) is 2.80. The standard InChI is InChI=1S/C12H14N4O2/c1-15(8-6-13)10-5-7-14-12-9(10)3-2-4-11(12)16(17)18/h2-5,7H,6,8,13H2,1H3. The Bertz CT molecular complexity index is 585. The molecule has 0 aliphatic rings. The van der Waals surface area contributed by atoms with Crippen molar-refractivity contribution in [3.8, 4) is 0 Å². The zero-order valence-corrected chi connectivity index (χ0v) is 10.0. The summed E-state index contributed by atoms with van der Waals surface area (Å²) < 4.78 is 0. The van der Waals surface area contributed by atoms with E-state index in [0.717, 1.165) is 11.1 Å². The summed E-state index contributed by atoms with van der Waals surface area (Å²) in [6.07, 6.45) is 1.58. The number of hydrogen-bond acceptors (Lipinski definition) is 5. The van der Waals surface area contributed by atoms with Crippen LogP contribution in [0.3, 0.4) is 0 Å². The predicted octanol–water partition coefficient (Wildman–Crippen LogP) is 1.54. The number of rotatable bonds is 4. The SMILES string of the molecule is CN(CCN)c1ccnc2c([N+](=O)[O-])cccc12. The second-order valence-corrected chi connectivity index (χ2v) is 3.97. The first kappa shape index (κ1) is 12.3. The molecule has 0 unspecified atom stereocenters. The lowest BCUT2D eigenvalue weighted by molar-refractivity contribution is -0.383. The van der Waals surface area contributed by atoms with E-state index in [-0.39, 0.29) is 5.69 Å². The van der Waals surface area contributed by atoms with Crippen molar-refractivity contribution in [3.05, 3.63) is 40.6 Å². The van der Waals surface area contributed by atoms with Crippen LogP contribution in [-0.2, 0) is 0 Å². The van der Waals surface area contributed by atoms with Crippen molar-refractivity contribution >= 4 is 22.3 Å². The third kappa shape index (κ3) is 2.10. The van der Waals surface area contributed by atoms with Gasteiger partial charge < -0.3 is 10.6 Å². The highest BCUT2D eigenvalue weighted by Crippen LogP contribution is 2.29. The smallest absolute Gasteiger partial charge is 0.295 e. The normalized spacial score (nSPS) is 10.6. The Labute approximate surface area is 104 Å². The summed E-state index contributed by atoms with van der Waals surface area (Å²) in [4.78, 5) is 16.6. The first-order valence-electron chi connectivity index (χ1n) is 5.58. The van der Waals surface area contributed by atoms with E-state index in [2.05, 4.69) is 4.98 Å². The number of aromatic nitrogens is 1. The number of nitro groups is 1. The summed E-state index contributed by atoms with van der Waals surface area (Å²) in [5.41, 5.74) is 6.85. The molecule has 0 aliphatic heterocycles. The van der Waals surface area contributed by atoms with Crippen LogP contribution in [0.1, 0.15) is 0 Å². The lowest BCUT2D eigenvalue weighted by atomic mass is 10.1. The Morgan fingerprint density at radius 1 is 1.44 bits per heavy atom. The number of hydrogen-bond donors (Lipinski definition) is 1. The van der Waals surface area contributed by atoms with Crippen LogP contribution in [0.15, 0.2) is 30.5 Å². The van der Waals surface area contributed by atoms with Gasteiger partial charge in [0, 0.05) is 43.5 Å². The fourth-order valence-corrected chi connectivity index (χ4v) is 1.94. The first-order chi connectivity index (χ1) is 8.65. The van der Waals surface area contributed by atoms with Crippen LogP contribution in [0.2, 0.25) is 0 Å². The van der Waals surface area contributed by atoms with Gasteiger partial charge in [0.05, 0.1) is 4.92 Å². The van der Waals surface area contributed by atoms with E-state index in [9.17, 15) is 10.1 Å². The second-order valence-electron chi connectivity index (χ2n) is 3.97. The summed E-state index contributed by atoms with van der Waals surface area (Å²) in [5, 5.41) is 11.7. The van der Waals surface area contributed by atoms with Gasteiger partial charge in [-0.15, -0.1) is 0 Å². The zero-order chi connectivity index (χ0) is 13.1. The molecule has 0 spiro atoms. The molecule has 0 bridgehead atoms. The molecule has 1 aromatic carbocycles. The number of likely N-dealkylation sites (N-methyl/N-ethyl adjacent to an activating group) is 1. The Hall–Kier alpha value is -2.21. The van der Waals surface area contributed by atoms with Crippen molar-refractivity contribution < 1.29 is 4.92 Å². The van der Waals surface area contributed by atoms with E-state index in [1.54, 1.807) is 12.3 Å². The van der Waals surface area contributed by atoms with E-state index in [4.69, 9.17) is 5.73 Å². The van der Waals surface area contributed by atoms with Crippen molar-refractivity contribution in [2.24, 2.45) is 5.73 Å². The summed E-state index contributed by atoms with van der Waals surface area (Å²) in [5.74, 6) is 0. The number of nitrogens with two attached hydrogens (primary N) is 1. The van der Waals surface area contributed by atoms with Crippen LogP contribution in [0.25, 0.3) is 10.9 Å². The maximum Gasteiger partial charge on any atom is 0.295 e.